The summed E-state index contributed by atoms with van der Waals surface area (Å²) in [6.45, 7) is 7.99. The van der Waals surface area contributed by atoms with Crippen molar-refractivity contribution in [2.45, 2.75) is 45.6 Å². The number of aromatic amines is 1. The lowest BCUT2D eigenvalue weighted by Crippen LogP contribution is -2.47. The number of amides is 1. The van der Waals surface area contributed by atoms with Crippen molar-refractivity contribution in [3.05, 3.63) is 64.9 Å². The molecule has 2 atom stereocenters. The molecule has 2 aliphatic rings. The number of aryl methyl sites for hydroxylation is 1. The summed E-state index contributed by atoms with van der Waals surface area (Å²) in [5, 5.41) is 6.88. The van der Waals surface area contributed by atoms with Crippen LogP contribution in [0.2, 0.25) is 0 Å². The Hall–Kier alpha value is -3.99. The Balaban J connectivity index is 1.25. The number of hydrogen-bond acceptors (Lipinski definition) is 6. The molecule has 11 heteroatoms. The summed E-state index contributed by atoms with van der Waals surface area (Å²) in [7, 11) is 0. The molecule has 1 amide bonds. The minimum Gasteiger partial charge on any atom is -0.356 e. The molecule has 208 valence electrons. The SMILES string of the molecule is Cc1[nH]c2c(F)cc(-c3nc(Nc4ccc(C(=O)N5CCC6NCCC6C5)c(F)n4)ncc3F)cc2c1C(C)C. The summed E-state index contributed by atoms with van der Waals surface area (Å²) < 4.78 is 44.8. The van der Waals surface area contributed by atoms with E-state index < -0.39 is 17.6 Å². The second-order valence-electron chi connectivity index (χ2n) is 10.9. The summed E-state index contributed by atoms with van der Waals surface area (Å²) in [6, 6.07) is 6.18. The van der Waals surface area contributed by atoms with E-state index in [1.807, 2.05) is 20.8 Å². The number of carbonyl (C=O) groups is 1. The van der Waals surface area contributed by atoms with Gasteiger partial charge in [-0.1, -0.05) is 13.8 Å². The van der Waals surface area contributed by atoms with Crippen LogP contribution in [0.4, 0.5) is 24.9 Å². The maximum atomic E-state index is 15.0. The second-order valence-corrected chi connectivity index (χ2v) is 10.9. The van der Waals surface area contributed by atoms with Crippen LogP contribution in [0.1, 0.15) is 54.2 Å². The molecule has 6 rings (SSSR count). The summed E-state index contributed by atoms with van der Waals surface area (Å²) >= 11 is 0. The third-order valence-electron chi connectivity index (χ3n) is 7.95. The number of pyridine rings is 1. The maximum absolute atomic E-state index is 15.0. The lowest BCUT2D eigenvalue weighted by Gasteiger charge is -2.34. The smallest absolute Gasteiger partial charge is 0.258 e. The Morgan fingerprint density at radius 3 is 2.73 bits per heavy atom. The van der Waals surface area contributed by atoms with Crippen molar-refractivity contribution in [3.8, 4) is 11.3 Å². The average Bonchev–Trinajstić information content (AvgIpc) is 3.53. The summed E-state index contributed by atoms with van der Waals surface area (Å²) in [6.07, 6.45) is 2.81. The average molecular weight is 550 g/mol. The molecule has 1 aromatic carbocycles. The summed E-state index contributed by atoms with van der Waals surface area (Å²) in [4.78, 5) is 29.8. The number of carbonyl (C=O) groups excluding carboxylic acids is 1. The van der Waals surface area contributed by atoms with Gasteiger partial charge >= 0.3 is 0 Å². The van der Waals surface area contributed by atoms with E-state index >= 15 is 4.39 Å². The molecule has 0 spiro atoms. The van der Waals surface area contributed by atoms with Gasteiger partial charge in [-0.25, -0.2) is 23.7 Å². The summed E-state index contributed by atoms with van der Waals surface area (Å²) in [5.74, 6) is -2.05. The lowest BCUT2D eigenvalue weighted by molar-refractivity contribution is 0.0656. The van der Waals surface area contributed by atoms with Crippen LogP contribution >= 0.6 is 0 Å². The molecule has 3 N–H and O–H groups in total. The second kappa shape index (κ2) is 10.2. The number of rotatable bonds is 5. The van der Waals surface area contributed by atoms with E-state index in [9.17, 15) is 13.6 Å². The highest BCUT2D eigenvalue weighted by Crippen LogP contribution is 2.34. The molecule has 4 aromatic rings. The minimum absolute atomic E-state index is 0.0481. The molecular weight excluding hydrogens is 519 g/mol. The highest BCUT2D eigenvalue weighted by atomic mass is 19.1. The van der Waals surface area contributed by atoms with Gasteiger partial charge in [0.1, 0.15) is 17.3 Å². The van der Waals surface area contributed by atoms with E-state index in [0.717, 1.165) is 36.8 Å². The fourth-order valence-corrected chi connectivity index (χ4v) is 6.09. The van der Waals surface area contributed by atoms with Crippen LogP contribution in [0, 0.1) is 30.4 Å². The zero-order valence-corrected chi connectivity index (χ0v) is 22.5. The van der Waals surface area contributed by atoms with Gasteiger partial charge in [-0.15, -0.1) is 0 Å². The summed E-state index contributed by atoms with van der Waals surface area (Å²) in [5.41, 5.74) is 2.18. The van der Waals surface area contributed by atoms with Crippen LogP contribution in [-0.2, 0) is 0 Å². The van der Waals surface area contributed by atoms with Gasteiger partial charge in [-0.05, 0) is 68.0 Å². The molecule has 2 saturated heterocycles. The zero-order valence-electron chi connectivity index (χ0n) is 22.5. The highest BCUT2D eigenvalue weighted by Gasteiger charge is 2.35. The van der Waals surface area contributed by atoms with Crippen LogP contribution in [0.15, 0.2) is 30.5 Å². The number of nitrogens with one attached hydrogen (secondary N) is 3. The monoisotopic (exact) mass is 549 g/mol. The minimum atomic E-state index is -0.916. The largest absolute Gasteiger partial charge is 0.356 e. The maximum Gasteiger partial charge on any atom is 0.258 e. The molecule has 8 nitrogen and oxygen atoms in total. The molecular formula is C29H30F3N7O. The van der Waals surface area contributed by atoms with Gasteiger partial charge < -0.3 is 20.5 Å². The van der Waals surface area contributed by atoms with E-state index in [1.54, 1.807) is 11.0 Å². The van der Waals surface area contributed by atoms with Crippen molar-refractivity contribution >= 4 is 28.6 Å². The quantitative estimate of drug-likeness (QED) is 0.287. The molecule has 0 aliphatic carbocycles. The van der Waals surface area contributed by atoms with Gasteiger partial charge in [0.25, 0.3) is 5.91 Å². The van der Waals surface area contributed by atoms with Crippen molar-refractivity contribution < 1.29 is 18.0 Å². The predicted octanol–water partition coefficient (Wildman–Crippen LogP) is 5.44. The molecule has 3 aromatic heterocycles. The van der Waals surface area contributed by atoms with Crippen LogP contribution < -0.4 is 10.6 Å². The van der Waals surface area contributed by atoms with Gasteiger partial charge in [0, 0.05) is 35.8 Å². The fraction of sp³-hybridized carbons (Fsp3) is 0.379. The third-order valence-corrected chi connectivity index (χ3v) is 7.95. The Bertz CT molecular complexity index is 1620. The number of H-pyrrole nitrogens is 1. The molecule has 2 unspecified atom stereocenters. The zero-order chi connectivity index (χ0) is 28.1. The molecule has 0 saturated carbocycles. The Morgan fingerprint density at radius 2 is 1.95 bits per heavy atom. The fourth-order valence-electron chi connectivity index (χ4n) is 6.09. The first-order chi connectivity index (χ1) is 19.2. The molecule has 2 fully saturated rings. The standard InChI is InChI=1S/C29H30F3N7O/c1-14(2)24-15(3)35-26-19(24)10-17(11-20(26)30)25-21(31)12-34-29(38-25)37-23-5-4-18(27(32)36-23)28(40)39-9-7-22-16(13-39)6-8-33-22/h4-5,10-12,14,16,22,33,35H,6-9,13H2,1-3H3,(H,34,36,37,38). The first-order valence-electron chi connectivity index (χ1n) is 13.5. The Kier molecular flexibility index (Phi) is 6.69. The number of likely N-dealkylation sites (tertiary alicyclic amines) is 1. The van der Waals surface area contributed by atoms with Crippen molar-refractivity contribution in [2.24, 2.45) is 5.92 Å². The van der Waals surface area contributed by atoms with Gasteiger partial charge in [0.2, 0.25) is 11.9 Å². The number of hydrogen-bond donors (Lipinski definition) is 3. The number of nitrogens with zero attached hydrogens (tertiary/aromatic N) is 4. The number of piperidine rings is 1. The Morgan fingerprint density at radius 1 is 1.12 bits per heavy atom. The van der Waals surface area contributed by atoms with Crippen molar-refractivity contribution in [2.75, 3.05) is 25.0 Å². The van der Waals surface area contributed by atoms with Crippen LogP contribution in [-0.4, -0.2) is 56.4 Å². The molecule has 40 heavy (non-hydrogen) atoms. The molecule has 2 aliphatic heterocycles. The van der Waals surface area contributed by atoms with Crippen molar-refractivity contribution in [3.63, 3.8) is 0 Å². The molecule has 0 radical (unpaired) electrons. The number of benzene rings is 1. The van der Waals surface area contributed by atoms with Crippen molar-refractivity contribution in [1.82, 2.24) is 30.2 Å². The van der Waals surface area contributed by atoms with Crippen LogP contribution in [0.3, 0.4) is 0 Å². The van der Waals surface area contributed by atoms with E-state index in [0.29, 0.717) is 36.0 Å². The third kappa shape index (κ3) is 4.68. The van der Waals surface area contributed by atoms with Crippen LogP contribution in [0.5, 0.6) is 0 Å². The normalized spacial score (nSPS) is 18.9. The van der Waals surface area contributed by atoms with E-state index in [-0.39, 0.29) is 40.4 Å². The topological polar surface area (TPSA) is 98.8 Å². The molecule has 0 bridgehead atoms. The lowest BCUT2D eigenvalue weighted by atomic mass is 9.93. The predicted molar refractivity (Wildman–Crippen MR) is 146 cm³/mol. The first kappa shape index (κ1) is 26.2. The highest BCUT2D eigenvalue weighted by molar-refractivity contribution is 5.94. The van der Waals surface area contributed by atoms with E-state index in [1.165, 1.54) is 18.2 Å². The Labute approximate surface area is 229 Å². The van der Waals surface area contributed by atoms with Gasteiger partial charge in [0.05, 0.1) is 17.3 Å². The number of fused-ring (bicyclic) bond motifs is 2. The van der Waals surface area contributed by atoms with E-state index in [2.05, 4.69) is 30.6 Å². The number of halogens is 3. The van der Waals surface area contributed by atoms with Crippen LogP contribution in [0.25, 0.3) is 22.2 Å². The van der Waals surface area contributed by atoms with Gasteiger partial charge in [0.15, 0.2) is 5.82 Å². The number of aromatic nitrogens is 4. The van der Waals surface area contributed by atoms with Crippen molar-refractivity contribution in [1.29, 1.82) is 0 Å². The van der Waals surface area contributed by atoms with E-state index in [4.69, 9.17) is 0 Å². The molecule has 5 heterocycles. The first-order valence-corrected chi connectivity index (χ1v) is 13.5. The van der Waals surface area contributed by atoms with Gasteiger partial charge in [-0.3, -0.25) is 4.79 Å². The van der Waals surface area contributed by atoms with Gasteiger partial charge in [-0.2, -0.15) is 4.39 Å². The number of anilines is 2.